The van der Waals surface area contributed by atoms with Crippen molar-refractivity contribution in [2.24, 2.45) is 7.05 Å². The number of amides is 1. The van der Waals surface area contributed by atoms with Gasteiger partial charge in [-0.3, -0.25) is 19.1 Å². The molecule has 3 heterocycles. The van der Waals surface area contributed by atoms with E-state index in [-0.39, 0.29) is 5.56 Å². The van der Waals surface area contributed by atoms with Gasteiger partial charge < -0.3 is 10.1 Å². The predicted octanol–water partition coefficient (Wildman–Crippen LogP) is 3.59. The highest BCUT2D eigenvalue weighted by atomic mass is 16.5. The van der Waals surface area contributed by atoms with Crippen LogP contribution in [0.3, 0.4) is 0 Å². The Morgan fingerprint density at radius 3 is 2.52 bits per heavy atom. The molecule has 0 bridgehead atoms. The number of carbonyl (C=O) groups is 1. The van der Waals surface area contributed by atoms with Crippen LogP contribution in [0, 0.1) is 6.92 Å². The van der Waals surface area contributed by atoms with Gasteiger partial charge in [0.15, 0.2) is 0 Å². The van der Waals surface area contributed by atoms with Crippen LogP contribution in [0.5, 0.6) is 11.5 Å². The van der Waals surface area contributed by atoms with Crippen molar-refractivity contribution in [2.75, 3.05) is 5.32 Å². The first kappa shape index (κ1) is 20.0. The minimum Gasteiger partial charge on any atom is -0.456 e. The number of nitrogens with one attached hydrogen (secondary N) is 1. The molecular formula is C23H19N5O3. The van der Waals surface area contributed by atoms with Crippen LogP contribution >= 0.6 is 0 Å². The molecule has 0 unspecified atom stereocenters. The van der Waals surface area contributed by atoms with Crippen LogP contribution in [-0.4, -0.2) is 25.4 Å². The molecule has 0 atom stereocenters. The summed E-state index contributed by atoms with van der Waals surface area (Å²) in [5, 5.41) is 2.60. The Kier molecular flexibility index (Phi) is 5.53. The molecule has 0 aliphatic heterocycles. The van der Waals surface area contributed by atoms with Crippen LogP contribution < -0.4 is 15.6 Å². The standard InChI is InChI=1S/C23H19N5O3/c1-15-25-14-19(23(30)28(15)2)22(29)27-21-9-8-18(13-26-21)31-17-10-11-24-20(12-17)16-6-4-3-5-7-16/h3-14H,1-2H3,(H,26,27,29). The third kappa shape index (κ3) is 4.48. The molecule has 0 spiro atoms. The number of aromatic nitrogens is 4. The lowest BCUT2D eigenvalue weighted by Crippen LogP contribution is -2.29. The third-order valence-corrected chi connectivity index (χ3v) is 4.66. The van der Waals surface area contributed by atoms with Gasteiger partial charge >= 0.3 is 0 Å². The first-order valence-corrected chi connectivity index (χ1v) is 9.50. The highest BCUT2D eigenvalue weighted by Crippen LogP contribution is 2.25. The molecule has 0 fully saturated rings. The molecule has 154 valence electrons. The molecule has 31 heavy (non-hydrogen) atoms. The summed E-state index contributed by atoms with van der Waals surface area (Å²) in [5.41, 5.74) is 1.31. The molecule has 0 aliphatic rings. The Bertz CT molecular complexity index is 1280. The van der Waals surface area contributed by atoms with Gasteiger partial charge in [-0.25, -0.2) is 9.97 Å². The van der Waals surface area contributed by atoms with Crippen molar-refractivity contribution >= 4 is 11.7 Å². The highest BCUT2D eigenvalue weighted by Gasteiger charge is 2.14. The third-order valence-electron chi connectivity index (χ3n) is 4.66. The summed E-state index contributed by atoms with van der Waals surface area (Å²) in [6.45, 7) is 1.69. The lowest BCUT2D eigenvalue weighted by atomic mass is 10.1. The SMILES string of the molecule is Cc1ncc(C(=O)Nc2ccc(Oc3ccnc(-c4ccccc4)c3)cn2)c(=O)n1C. The maximum absolute atomic E-state index is 12.4. The molecule has 0 aliphatic carbocycles. The zero-order valence-electron chi connectivity index (χ0n) is 16.9. The van der Waals surface area contributed by atoms with Crippen molar-refractivity contribution in [1.29, 1.82) is 0 Å². The fourth-order valence-electron chi connectivity index (χ4n) is 2.86. The van der Waals surface area contributed by atoms with E-state index >= 15 is 0 Å². The van der Waals surface area contributed by atoms with Crippen molar-refractivity contribution in [2.45, 2.75) is 6.92 Å². The number of ether oxygens (including phenoxy) is 1. The van der Waals surface area contributed by atoms with Crippen LogP contribution in [0.25, 0.3) is 11.3 Å². The Morgan fingerprint density at radius 2 is 1.77 bits per heavy atom. The van der Waals surface area contributed by atoms with Gasteiger partial charge in [0.25, 0.3) is 11.5 Å². The van der Waals surface area contributed by atoms with Crippen LogP contribution in [0.15, 0.2) is 78.0 Å². The second-order valence-corrected chi connectivity index (χ2v) is 6.76. The molecule has 0 saturated heterocycles. The Hall–Kier alpha value is -4.33. The fraction of sp³-hybridized carbons (Fsp3) is 0.0870. The monoisotopic (exact) mass is 413 g/mol. The number of hydrogen-bond donors (Lipinski definition) is 1. The van der Waals surface area contributed by atoms with Gasteiger partial charge in [-0.05, 0) is 25.1 Å². The summed E-state index contributed by atoms with van der Waals surface area (Å²) in [4.78, 5) is 37.2. The largest absolute Gasteiger partial charge is 0.456 e. The number of hydrogen-bond acceptors (Lipinski definition) is 6. The summed E-state index contributed by atoms with van der Waals surface area (Å²) in [5.74, 6) is 1.35. The average Bonchev–Trinajstić information content (AvgIpc) is 2.79. The first-order chi connectivity index (χ1) is 15.0. The lowest BCUT2D eigenvalue weighted by Gasteiger charge is -2.09. The Morgan fingerprint density at radius 1 is 0.968 bits per heavy atom. The summed E-state index contributed by atoms with van der Waals surface area (Å²) >= 11 is 0. The molecule has 8 heteroatoms. The first-order valence-electron chi connectivity index (χ1n) is 9.50. The number of carbonyl (C=O) groups excluding carboxylic acids is 1. The van der Waals surface area contributed by atoms with Crippen molar-refractivity contribution in [3.8, 4) is 22.8 Å². The van der Waals surface area contributed by atoms with E-state index in [2.05, 4.69) is 20.3 Å². The number of pyridine rings is 2. The Labute approximate surface area is 178 Å². The van der Waals surface area contributed by atoms with E-state index < -0.39 is 11.5 Å². The van der Waals surface area contributed by atoms with E-state index in [4.69, 9.17) is 4.74 Å². The van der Waals surface area contributed by atoms with E-state index in [1.54, 1.807) is 38.4 Å². The summed E-state index contributed by atoms with van der Waals surface area (Å²) in [6, 6.07) is 16.7. The van der Waals surface area contributed by atoms with E-state index in [1.165, 1.54) is 17.0 Å². The molecule has 0 radical (unpaired) electrons. The topological polar surface area (TPSA) is 99.0 Å². The zero-order valence-corrected chi connectivity index (χ0v) is 16.9. The minimum atomic E-state index is -0.573. The predicted molar refractivity (Wildman–Crippen MR) is 116 cm³/mol. The van der Waals surface area contributed by atoms with Crippen molar-refractivity contribution in [1.82, 2.24) is 19.5 Å². The summed E-state index contributed by atoms with van der Waals surface area (Å²) < 4.78 is 7.17. The van der Waals surface area contributed by atoms with Crippen LogP contribution in [0.2, 0.25) is 0 Å². The van der Waals surface area contributed by atoms with E-state index in [1.807, 2.05) is 36.4 Å². The minimum absolute atomic E-state index is 0.0551. The van der Waals surface area contributed by atoms with Crippen molar-refractivity contribution < 1.29 is 9.53 Å². The molecule has 1 aromatic carbocycles. The summed E-state index contributed by atoms with van der Waals surface area (Å²) in [6.07, 6.45) is 4.43. The Balaban J connectivity index is 1.46. The number of rotatable bonds is 5. The smallest absolute Gasteiger partial charge is 0.266 e. The molecule has 0 saturated carbocycles. The second-order valence-electron chi connectivity index (χ2n) is 6.76. The van der Waals surface area contributed by atoms with Gasteiger partial charge in [0.2, 0.25) is 0 Å². The quantitative estimate of drug-likeness (QED) is 0.537. The molecule has 8 nitrogen and oxygen atoms in total. The molecule has 4 aromatic rings. The zero-order chi connectivity index (χ0) is 21.8. The van der Waals surface area contributed by atoms with Gasteiger partial charge in [0.05, 0.1) is 11.9 Å². The second kappa shape index (κ2) is 8.58. The summed E-state index contributed by atoms with van der Waals surface area (Å²) in [7, 11) is 1.56. The molecule has 1 N–H and O–H groups in total. The molecule has 1 amide bonds. The maximum Gasteiger partial charge on any atom is 0.266 e. The molecular weight excluding hydrogens is 394 g/mol. The number of aryl methyl sites for hydroxylation is 1. The normalized spacial score (nSPS) is 10.5. The van der Waals surface area contributed by atoms with Crippen molar-refractivity contribution in [3.63, 3.8) is 0 Å². The van der Waals surface area contributed by atoms with Gasteiger partial charge in [-0.15, -0.1) is 0 Å². The van der Waals surface area contributed by atoms with Gasteiger partial charge in [-0.2, -0.15) is 0 Å². The van der Waals surface area contributed by atoms with Crippen LogP contribution in [0.1, 0.15) is 16.2 Å². The number of benzene rings is 1. The van der Waals surface area contributed by atoms with E-state index in [0.29, 0.717) is 23.1 Å². The van der Waals surface area contributed by atoms with Gasteiger partial charge in [0.1, 0.15) is 28.7 Å². The van der Waals surface area contributed by atoms with Gasteiger partial charge in [0, 0.05) is 31.1 Å². The molecule has 3 aromatic heterocycles. The number of nitrogens with zero attached hydrogens (tertiary/aromatic N) is 4. The highest BCUT2D eigenvalue weighted by molar-refractivity contribution is 6.03. The van der Waals surface area contributed by atoms with E-state index in [9.17, 15) is 9.59 Å². The van der Waals surface area contributed by atoms with Crippen LogP contribution in [0.4, 0.5) is 5.82 Å². The fourth-order valence-corrected chi connectivity index (χ4v) is 2.86. The maximum atomic E-state index is 12.4. The number of anilines is 1. The average molecular weight is 413 g/mol. The lowest BCUT2D eigenvalue weighted by molar-refractivity contribution is 0.102. The molecule has 4 rings (SSSR count). The van der Waals surface area contributed by atoms with Crippen LogP contribution in [-0.2, 0) is 7.05 Å². The van der Waals surface area contributed by atoms with E-state index in [0.717, 1.165) is 11.3 Å². The van der Waals surface area contributed by atoms with Crippen molar-refractivity contribution in [3.05, 3.63) is 94.9 Å². The van der Waals surface area contributed by atoms with Gasteiger partial charge in [-0.1, -0.05) is 30.3 Å².